The van der Waals surface area contributed by atoms with Crippen molar-refractivity contribution < 1.29 is 8.78 Å². The normalized spacial score (nSPS) is 18.7. The van der Waals surface area contributed by atoms with Gasteiger partial charge >= 0.3 is 0 Å². The topological polar surface area (TPSA) is 75.0 Å². The van der Waals surface area contributed by atoms with Crippen molar-refractivity contribution in [3.8, 4) is 11.3 Å². The van der Waals surface area contributed by atoms with E-state index in [1.165, 1.54) is 6.07 Å². The van der Waals surface area contributed by atoms with Gasteiger partial charge in [-0.15, -0.1) is 0 Å². The lowest BCUT2D eigenvalue weighted by molar-refractivity contribution is 0.170. The Morgan fingerprint density at radius 2 is 1.70 bits per heavy atom. The maximum Gasteiger partial charge on any atom is 0.229 e. The summed E-state index contributed by atoms with van der Waals surface area (Å²) in [6, 6.07) is 7.80. The Labute approximate surface area is 215 Å². The van der Waals surface area contributed by atoms with Crippen LogP contribution in [-0.4, -0.2) is 61.6 Å². The molecule has 1 aliphatic rings. The Bertz CT molecular complexity index is 1420. The second-order valence-corrected chi connectivity index (χ2v) is 10.1. The molecule has 194 valence electrons. The molecule has 4 aromatic rings. The van der Waals surface area contributed by atoms with E-state index in [-0.39, 0.29) is 23.2 Å². The van der Waals surface area contributed by atoms with Crippen LogP contribution in [0.1, 0.15) is 39.6 Å². The molecule has 1 N–H and O–H groups in total. The molecular formula is C27H32F2N8. The average molecular weight is 507 g/mol. The van der Waals surface area contributed by atoms with Crippen LogP contribution in [0, 0.1) is 18.6 Å². The molecule has 0 bridgehead atoms. The van der Waals surface area contributed by atoms with Crippen LogP contribution in [0.2, 0.25) is 0 Å². The van der Waals surface area contributed by atoms with Crippen LogP contribution in [0.15, 0.2) is 36.7 Å². The fraction of sp³-hybridized carbons (Fsp3) is 0.407. The van der Waals surface area contributed by atoms with Crippen LogP contribution < -0.4 is 10.2 Å². The van der Waals surface area contributed by atoms with E-state index in [2.05, 4.69) is 55.9 Å². The van der Waals surface area contributed by atoms with E-state index in [9.17, 15) is 8.78 Å². The summed E-state index contributed by atoms with van der Waals surface area (Å²) in [4.78, 5) is 22.0. The average Bonchev–Trinajstić information content (AvgIpc) is 3.20. The first-order valence-electron chi connectivity index (χ1n) is 12.5. The van der Waals surface area contributed by atoms with Crippen LogP contribution in [0.4, 0.5) is 26.2 Å². The third-order valence-electron chi connectivity index (χ3n) is 7.17. The van der Waals surface area contributed by atoms with Crippen LogP contribution >= 0.6 is 0 Å². The van der Waals surface area contributed by atoms with Gasteiger partial charge in [-0.2, -0.15) is 0 Å². The van der Waals surface area contributed by atoms with Gasteiger partial charge in [0.15, 0.2) is 11.6 Å². The smallest absolute Gasteiger partial charge is 0.229 e. The van der Waals surface area contributed by atoms with E-state index >= 15 is 0 Å². The van der Waals surface area contributed by atoms with Gasteiger partial charge in [-0.25, -0.2) is 28.7 Å². The standard InChI is InChI=1S/C27H32F2N8/c1-15(2)37-18(5)32-26-21(28)9-19(10-23(26)37)25-22(29)12-31-27(34-25)33-24-8-7-20(11-30-24)36-13-16(3)35(6)17(4)14-36/h7-12,15-17H,13-14H2,1-6H3,(H,30,31,33,34)/t16-,17+. The first-order valence-corrected chi connectivity index (χ1v) is 12.5. The molecule has 1 aliphatic heterocycles. The monoisotopic (exact) mass is 506 g/mol. The molecule has 0 unspecified atom stereocenters. The number of nitrogens with one attached hydrogen (secondary N) is 1. The number of hydrogen-bond donors (Lipinski definition) is 1. The highest BCUT2D eigenvalue weighted by Crippen LogP contribution is 2.30. The van der Waals surface area contributed by atoms with Crippen molar-refractivity contribution in [2.75, 3.05) is 30.4 Å². The summed E-state index contributed by atoms with van der Waals surface area (Å²) in [6.45, 7) is 12.1. The van der Waals surface area contributed by atoms with E-state index in [4.69, 9.17) is 0 Å². The molecule has 37 heavy (non-hydrogen) atoms. The number of aryl methyl sites for hydroxylation is 1. The SMILES string of the molecule is Cc1nc2c(F)cc(-c3nc(Nc4ccc(N5C[C@@H](C)N(C)[C@@H](C)C5)cn4)ncc3F)cc2n1C(C)C. The van der Waals surface area contributed by atoms with Gasteiger partial charge in [0, 0.05) is 36.8 Å². The number of aromatic nitrogens is 5. The van der Waals surface area contributed by atoms with Gasteiger partial charge in [-0.3, -0.25) is 4.90 Å². The summed E-state index contributed by atoms with van der Waals surface area (Å²) in [5.74, 6) is 0.242. The van der Waals surface area contributed by atoms with E-state index in [0.29, 0.717) is 34.8 Å². The van der Waals surface area contributed by atoms with Gasteiger partial charge in [-0.1, -0.05) is 0 Å². The van der Waals surface area contributed by atoms with Crippen molar-refractivity contribution in [1.82, 2.24) is 29.4 Å². The van der Waals surface area contributed by atoms with Crippen molar-refractivity contribution >= 4 is 28.5 Å². The van der Waals surface area contributed by atoms with Crippen LogP contribution in [0.25, 0.3) is 22.3 Å². The minimum atomic E-state index is -0.641. The molecular weight excluding hydrogens is 474 g/mol. The lowest BCUT2D eigenvalue weighted by atomic mass is 10.1. The third kappa shape index (κ3) is 4.73. The van der Waals surface area contributed by atoms with E-state index in [1.807, 2.05) is 43.7 Å². The lowest BCUT2D eigenvalue weighted by Crippen LogP contribution is -2.55. The molecule has 1 aromatic carbocycles. The zero-order valence-corrected chi connectivity index (χ0v) is 22.0. The maximum absolute atomic E-state index is 15.0. The third-order valence-corrected chi connectivity index (χ3v) is 7.17. The van der Waals surface area contributed by atoms with Gasteiger partial charge in [0.2, 0.25) is 5.95 Å². The number of halogens is 2. The molecule has 0 amide bonds. The van der Waals surface area contributed by atoms with Crippen molar-refractivity contribution in [1.29, 1.82) is 0 Å². The summed E-state index contributed by atoms with van der Waals surface area (Å²) < 4.78 is 31.7. The zero-order valence-electron chi connectivity index (χ0n) is 22.0. The summed E-state index contributed by atoms with van der Waals surface area (Å²) in [5.41, 5.74) is 2.22. The number of benzene rings is 1. The highest BCUT2D eigenvalue weighted by atomic mass is 19.1. The number of likely N-dealkylation sites (N-methyl/N-ethyl adjacent to an activating group) is 1. The molecule has 4 heterocycles. The Morgan fingerprint density at radius 1 is 0.973 bits per heavy atom. The molecule has 10 heteroatoms. The van der Waals surface area contributed by atoms with Crippen LogP contribution in [0.5, 0.6) is 0 Å². The minimum Gasteiger partial charge on any atom is -0.367 e. The van der Waals surface area contributed by atoms with Gasteiger partial charge < -0.3 is 14.8 Å². The molecule has 2 atom stereocenters. The minimum absolute atomic E-state index is 0.00416. The second kappa shape index (κ2) is 9.66. The Hall–Kier alpha value is -3.66. The highest BCUT2D eigenvalue weighted by Gasteiger charge is 2.26. The van der Waals surface area contributed by atoms with Gasteiger partial charge in [0.25, 0.3) is 0 Å². The molecule has 0 spiro atoms. The van der Waals surface area contributed by atoms with E-state index < -0.39 is 11.6 Å². The number of fused-ring (bicyclic) bond motifs is 1. The number of piperazine rings is 1. The van der Waals surface area contributed by atoms with E-state index in [1.54, 1.807) is 6.07 Å². The molecule has 1 saturated heterocycles. The Morgan fingerprint density at radius 3 is 2.35 bits per heavy atom. The first kappa shape index (κ1) is 25.0. The molecule has 0 aliphatic carbocycles. The van der Waals surface area contributed by atoms with Crippen molar-refractivity contribution in [3.63, 3.8) is 0 Å². The summed E-state index contributed by atoms with van der Waals surface area (Å²) >= 11 is 0. The number of imidazole rings is 1. The Kier molecular flexibility index (Phi) is 6.53. The summed E-state index contributed by atoms with van der Waals surface area (Å²) in [6.07, 6.45) is 2.90. The maximum atomic E-state index is 15.0. The molecule has 8 nitrogen and oxygen atoms in total. The second-order valence-electron chi connectivity index (χ2n) is 10.1. The number of pyridine rings is 1. The van der Waals surface area contributed by atoms with Gasteiger partial charge in [-0.05, 0) is 65.9 Å². The van der Waals surface area contributed by atoms with Crippen molar-refractivity contribution in [3.05, 3.63) is 54.1 Å². The molecule has 0 saturated carbocycles. The molecule has 0 radical (unpaired) electrons. The molecule has 1 fully saturated rings. The van der Waals surface area contributed by atoms with E-state index in [0.717, 1.165) is 25.0 Å². The quantitative estimate of drug-likeness (QED) is 0.392. The fourth-order valence-electron chi connectivity index (χ4n) is 5.06. The number of rotatable bonds is 5. The van der Waals surface area contributed by atoms with Crippen molar-refractivity contribution in [2.45, 2.75) is 52.7 Å². The number of hydrogen-bond acceptors (Lipinski definition) is 7. The predicted octanol–water partition coefficient (Wildman–Crippen LogP) is 5.33. The fourth-order valence-corrected chi connectivity index (χ4v) is 5.06. The number of nitrogens with zero attached hydrogens (tertiary/aromatic N) is 7. The lowest BCUT2D eigenvalue weighted by Gasteiger charge is -2.43. The summed E-state index contributed by atoms with van der Waals surface area (Å²) in [5, 5.41) is 3.04. The van der Waals surface area contributed by atoms with Crippen LogP contribution in [-0.2, 0) is 0 Å². The zero-order chi connectivity index (χ0) is 26.4. The molecule has 3 aromatic heterocycles. The Balaban J connectivity index is 1.41. The number of anilines is 3. The van der Waals surface area contributed by atoms with Gasteiger partial charge in [0.05, 0.1) is 23.6 Å². The largest absolute Gasteiger partial charge is 0.367 e. The van der Waals surface area contributed by atoms with Crippen molar-refractivity contribution in [2.24, 2.45) is 0 Å². The predicted molar refractivity (Wildman–Crippen MR) is 142 cm³/mol. The first-order chi connectivity index (χ1) is 17.6. The molecule has 5 rings (SSSR count). The summed E-state index contributed by atoms with van der Waals surface area (Å²) in [7, 11) is 2.15. The highest BCUT2D eigenvalue weighted by molar-refractivity contribution is 5.83. The van der Waals surface area contributed by atoms with Crippen LogP contribution in [0.3, 0.4) is 0 Å². The van der Waals surface area contributed by atoms with Gasteiger partial charge in [0.1, 0.15) is 22.9 Å².